The topological polar surface area (TPSA) is 60.5 Å². The van der Waals surface area contributed by atoms with Crippen molar-refractivity contribution in [3.63, 3.8) is 0 Å². The summed E-state index contributed by atoms with van der Waals surface area (Å²) in [5.74, 6) is -0.365. The molecule has 1 heterocycles. The number of hydrogen-bond acceptors (Lipinski definition) is 5. The number of fused-ring (bicyclic) bond motifs is 1. The summed E-state index contributed by atoms with van der Waals surface area (Å²) < 4.78 is 24.0. The highest BCUT2D eigenvalue weighted by molar-refractivity contribution is 6.32. The highest BCUT2D eigenvalue weighted by Crippen LogP contribution is 2.29. The van der Waals surface area contributed by atoms with Crippen LogP contribution in [-0.4, -0.2) is 24.7 Å². The van der Waals surface area contributed by atoms with E-state index in [9.17, 15) is 9.18 Å². The lowest BCUT2D eigenvalue weighted by Crippen LogP contribution is -2.11. The Kier molecular flexibility index (Phi) is 5.76. The fourth-order valence-electron chi connectivity index (χ4n) is 2.73. The second-order valence-corrected chi connectivity index (χ2v) is 6.16. The number of halogens is 2. The van der Waals surface area contributed by atoms with E-state index in [1.54, 1.807) is 32.2 Å². The lowest BCUT2D eigenvalue weighted by atomic mass is 10.1. The molecule has 3 aromatic rings. The Labute approximate surface area is 161 Å². The van der Waals surface area contributed by atoms with Crippen LogP contribution in [0.3, 0.4) is 0 Å². The van der Waals surface area contributed by atoms with Crippen molar-refractivity contribution in [2.45, 2.75) is 13.5 Å². The molecule has 0 saturated heterocycles. The number of esters is 1. The summed E-state index contributed by atoms with van der Waals surface area (Å²) >= 11 is 6.16. The molecule has 0 unspecified atom stereocenters. The summed E-state index contributed by atoms with van der Waals surface area (Å²) in [7, 11) is 1.54. The number of nitrogens with one attached hydrogen (secondary N) is 1. The number of carbonyl (C=O) groups excluding carboxylic acids is 1. The molecule has 140 valence electrons. The summed E-state index contributed by atoms with van der Waals surface area (Å²) in [5, 5.41) is 4.18. The van der Waals surface area contributed by atoms with Crippen molar-refractivity contribution in [1.82, 2.24) is 4.98 Å². The minimum atomic E-state index is -0.522. The molecule has 0 aliphatic carbocycles. The highest BCUT2D eigenvalue weighted by Gasteiger charge is 2.17. The number of rotatable bonds is 6. The van der Waals surface area contributed by atoms with Crippen LogP contribution in [0.1, 0.15) is 22.8 Å². The van der Waals surface area contributed by atoms with Gasteiger partial charge in [-0.2, -0.15) is 0 Å². The molecule has 2 aromatic carbocycles. The number of methoxy groups -OCH3 is 1. The van der Waals surface area contributed by atoms with Gasteiger partial charge in [0, 0.05) is 18.1 Å². The molecule has 1 N–H and O–H groups in total. The maximum absolute atomic E-state index is 13.8. The molecule has 0 saturated carbocycles. The van der Waals surface area contributed by atoms with E-state index < -0.39 is 11.8 Å². The number of aromatic nitrogens is 1. The van der Waals surface area contributed by atoms with Crippen LogP contribution in [-0.2, 0) is 11.3 Å². The average molecular weight is 389 g/mol. The first-order chi connectivity index (χ1) is 13.0. The van der Waals surface area contributed by atoms with Crippen LogP contribution in [0.2, 0.25) is 5.02 Å². The Balaban J connectivity index is 1.99. The van der Waals surface area contributed by atoms with Crippen molar-refractivity contribution in [2.75, 3.05) is 19.0 Å². The van der Waals surface area contributed by atoms with Crippen LogP contribution in [0.25, 0.3) is 10.9 Å². The molecule has 0 radical (unpaired) electrons. The van der Waals surface area contributed by atoms with Crippen molar-refractivity contribution in [3.05, 3.63) is 64.6 Å². The molecule has 3 rings (SSSR count). The van der Waals surface area contributed by atoms with Crippen LogP contribution in [0.4, 0.5) is 10.1 Å². The summed E-state index contributed by atoms with van der Waals surface area (Å²) in [4.78, 5) is 16.5. The van der Waals surface area contributed by atoms with Crippen LogP contribution >= 0.6 is 11.6 Å². The first-order valence-corrected chi connectivity index (χ1v) is 8.73. The van der Waals surface area contributed by atoms with Crippen LogP contribution in [0, 0.1) is 5.82 Å². The van der Waals surface area contributed by atoms with E-state index in [0.717, 1.165) is 5.56 Å². The Hall–Kier alpha value is -2.86. The number of anilines is 1. The smallest absolute Gasteiger partial charge is 0.341 e. The third-order valence-electron chi connectivity index (χ3n) is 4.01. The van der Waals surface area contributed by atoms with Gasteiger partial charge in [0.15, 0.2) is 0 Å². The first-order valence-electron chi connectivity index (χ1n) is 8.35. The van der Waals surface area contributed by atoms with Crippen molar-refractivity contribution < 1.29 is 18.7 Å². The second kappa shape index (κ2) is 8.22. The van der Waals surface area contributed by atoms with Crippen LogP contribution in [0.5, 0.6) is 5.75 Å². The maximum Gasteiger partial charge on any atom is 0.341 e. The van der Waals surface area contributed by atoms with E-state index in [1.807, 2.05) is 6.07 Å². The molecule has 1 aromatic heterocycles. The third kappa shape index (κ3) is 4.11. The molecule has 0 amide bonds. The minimum Gasteiger partial charge on any atom is -0.495 e. The second-order valence-electron chi connectivity index (χ2n) is 5.75. The average Bonchev–Trinajstić information content (AvgIpc) is 2.66. The molecule has 0 atom stereocenters. The fraction of sp³-hybridized carbons (Fsp3) is 0.200. The van der Waals surface area contributed by atoms with E-state index in [2.05, 4.69) is 10.3 Å². The highest BCUT2D eigenvalue weighted by atomic mass is 35.5. The summed E-state index contributed by atoms with van der Waals surface area (Å²) in [6, 6.07) is 9.61. The molecular formula is C20H18ClFN2O3. The molecule has 7 heteroatoms. The van der Waals surface area contributed by atoms with Gasteiger partial charge in [-0.05, 0) is 42.8 Å². The number of carbonyl (C=O) groups is 1. The van der Waals surface area contributed by atoms with Crippen LogP contribution in [0.15, 0.2) is 42.6 Å². The van der Waals surface area contributed by atoms with Gasteiger partial charge < -0.3 is 14.8 Å². The Morgan fingerprint density at radius 2 is 2.07 bits per heavy atom. The predicted octanol–water partition coefficient (Wildman–Crippen LogP) is 4.82. The molecule has 0 aliphatic rings. The standard InChI is InChI=1S/C20H18ClFN2O3/c1-3-27-20(25)15-11-23-17-6-5-13(22)9-14(17)19(15)24-10-12-4-7-18(26-2)16(21)8-12/h4-9,11H,3,10H2,1-2H3,(H,23,24). The molecule has 5 nitrogen and oxygen atoms in total. The number of ether oxygens (including phenoxy) is 2. The lowest BCUT2D eigenvalue weighted by molar-refractivity contribution is 0.0527. The Bertz CT molecular complexity index is 994. The zero-order chi connectivity index (χ0) is 19.4. The van der Waals surface area contributed by atoms with Gasteiger partial charge >= 0.3 is 5.97 Å². The summed E-state index contributed by atoms with van der Waals surface area (Å²) in [5.41, 5.74) is 2.15. The van der Waals surface area contributed by atoms with Gasteiger partial charge in [0.2, 0.25) is 0 Å². The number of benzene rings is 2. The largest absolute Gasteiger partial charge is 0.495 e. The van der Waals surface area contributed by atoms with Gasteiger partial charge in [0.25, 0.3) is 0 Å². The molecule has 0 fully saturated rings. The predicted molar refractivity (Wildman–Crippen MR) is 103 cm³/mol. The lowest BCUT2D eigenvalue weighted by Gasteiger charge is -2.15. The first kappa shape index (κ1) is 18.9. The SMILES string of the molecule is CCOC(=O)c1cnc2ccc(F)cc2c1NCc1ccc(OC)c(Cl)c1. The molecular weight excluding hydrogens is 371 g/mol. The van der Waals surface area contributed by atoms with Crippen LogP contribution < -0.4 is 10.1 Å². The normalized spacial score (nSPS) is 10.7. The minimum absolute atomic E-state index is 0.230. The quantitative estimate of drug-likeness (QED) is 0.613. The van der Waals surface area contributed by atoms with Crippen molar-refractivity contribution in [1.29, 1.82) is 0 Å². The van der Waals surface area contributed by atoms with E-state index in [4.69, 9.17) is 21.1 Å². The van der Waals surface area contributed by atoms with Gasteiger partial charge in [-0.1, -0.05) is 17.7 Å². The van der Waals surface area contributed by atoms with E-state index >= 15 is 0 Å². The summed E-state index contributed by atoms with van der Waals surface area (Å²) in [6.07, 6.45) is 1.43. The van der Waals surface area contributed by atoms with Gasteiger partial charge in [0.05, 0.1) is 29.9 Å². The van der Waals surface area contributed by atoms with Gasteiger partial charge in [0.1, 0.15) is 17.1 Å². The van der Waals surface area contributed by atoms with Gasteiger partial charge in [-0.25, -0.2) is 9.18 Å². The number of pyridine rings is 1. The molecule has 0 aliphatic heterocycles. The number of hydrogen-bond donors (Lipinski definition) is 1. The van der Waals surface area contributed by atoms with E-state index in [1.165, 1.54) is 18.3 Å². The third-order valence-corrected chi connectivity index (χ3v) is 4.31. The Morgan fingerprint density at radius 3 is 2.78 bits per heavy atom. The fourth-order valence-corrected chi connectivity index (χ4v) is 3.01. The van der Waals surface area contributed by atoms with E-state index in [-0.39, 0.29) is 12.2 Å². The zero-order valence-corrected chi connectivity index (χ0v) is 15.6. The molecule has 0 spiro atoms. The summed E-state index contributed by atoms with van der Waals surface area (Å²) in [6.45, 7) is 2.32. The number of nitrogens with zero attached hydrogens (tertiary/aromatic N) is 1. The molecule has 27 heavy (non-hydrogen) atoms. The van der Waals surface area contributed by atoms with Crippen molar-refractivity contribution in [3.8, 4) is 5.75 Å². The molecule has 0 bridgehead atoms. The van der Waals surface area contributed by atoms with Crippen molar-refractivity contribution >= 4 is 34.2 Å². The van der Waals surface area contributed by atoms with Crippen molar-refractivity contribution in [2.24, 2.45) is 0 Å². The zero-order valence-electron chi connectivity index (χ0n) is 14.9. The van der Waals surface area contributed by atoms with E-state index in [0.29, 0.717) is 33.9 Å². The van der Waals surface area contributed by atoms with Gasteiger partial charge in [-0.3, -0.25) is 4.98 Å². The maximum atomic E-state index is 13.8. The van der Waals surface area contributed by atoms with Gasteiger partial charge in [-0.15, -0.1) is 0 Å². The Morgan fingerprint density at radius 1 is 1.26 bits per heavy atom. The monoisotopic (exact) mass is 388 g/mol.